The summed E-state index contributed by atoms with van der Waals surface area (Å²) in [7, 11) is 2.97. The molecule has 1 amide bonds. The van der Waals surface area contributed by atoms with E-state index in [1.54, 1.807) is 11.9 Å². The lowest BCUT2D eigenvalue weighted by Crippen LogP contribution is -2.40. The molecular weight excluding hydrogens is 389 g/mol. The maximum atomic E-state index is 12.4. The second-order valence-corrected chi connectivity index (χ2v) is 7.13. The molecule has 0 spiro atoms. The predicted octanol–water partition coefficient (Wildman–Crippen LogP) is 4.60. The molecule has 0 aliphatic heterocycles. The van der Waals surface area contributed by atoms with Gasteiger partial charge in [-0.1, -0.05) is 54.1 Å². The molecular formula is C17H20Cl3NO4. The van der Waals surface area contributed by atoms with E-state index in [1.165, 1.54) is 19.6 Å². The van der Waals surface area contributed by atoms with Crippen molar-refractivity contribution in [3.05, 3.63) is 26.7 Å². The number of likely N-dealkylation sites (N-methyl/N-ethyl adjacent to an activating group) is 1. The number of carbonyl (C=O) groups is 2. The van der Waals surface area contributed by atoms with Gasteiger partial charge < -0.3 is 14.4 Å². The molecule has 0 aromatic heterocycles. The van der Waals surface area contributed by atoms with Crippen molar-refractivity contribution in [2.24, 2.45) is 0 Å². The second-order valence-electron chi connectivity index (χ2n) is 5.94. The number of hydrogen-bond donors (Lipinski definition) is 0. The molecule has 0 heterocycles. The Morgan fingerprint density at radius 3 is 2.40 bits per heavy atom. The van der Waals surface area contributed by atoms with E-state index in [1.807, 2.05) is 0 Å². The minimum atomic E-state index is -0.738. The lowest BCUT2D eigenvalue weighted by atomic mass is 9.94. The van der Waals surface area contributed by atoms with Gasteiger partial charge in [-0.2, -0.15) is 0 Å². The van der Waals surface area contributed by atoms with Crippen LogP contribution in [0.5, 0.6) is 5.75 Å². The molecule has 1 aliphatic carbocycles. The van der Waals surface area contributed by atoms with E-state index >= 15 is 0 Å². The van der Waals surface area contributed by atoms with Crippen molar-refractivity contribution in [3.63, 3.8) is 0 Å². The molecule has 0 radical (unpaired) electrons. The molecule has 1 aromatic carbocycles. The molecule has 138 valence electrons. The largest absolute Gasteiger partial charge is 0.481 e. The van der Waals surface area contributed by atoms with Gasteiger partial charge in [0.1, 0.15) is 5.56 Å². The van der Waals surface area contributed by atoms with E-state index in [2.05, 4.69) is 0 Å². The first-order valence-corrected chi connectivity index (χ1v) is 9.14. The van der Waals surface area contributed by atoms with Crippen LogP contribution in [-0.2, 0) is 9.53 Å². The van der Waals surface area contributed by atoms with Crippen LogP contribution in [0.3, 0.4) is 0 Å². The molecule has 1 aromatic rings. The normalized spacial score (nSPS) is 14.9. The Kier molecular flexibility index (Phi) is 7.23. The van der Waals surface area contributed by atoms with Gasteiger partial charge in [-0.25, -0.2) is 4.79 Å². The molecule has 1 saturated carbocycles. The van der Waals surface area contributed by atoms with Crippen molar-refractivity contribution in [1.82, 2.24) is 4.90 Å². The van der Waals surface area contributed by atoms with Crippen LogP contribution in [0.25, 0.3) is 0 Å². The quantitative estimate of drug-likeness (QED) is 0.527. The monoisotopic (exact) mass is 407 g/mol. The van der Waals surface area contributed by atoms with Crippen LogP contribution in [0.1, 0.15) is 42.5 Å². The Balaban J connectivity index is 2.15. The minimum Gasteiger partial charge on any atom is -0.481 e. The minimum absolute atomic E-state index is 0.00619. The fourth-order valence-corrected chi connectivity index (χ4v) is 3.65. The number of methoxy groups -OCH3 is 1. The summed E-state index contributed by atoms with van der Waals surface area (Å²) in [4.78, 5) is 26.1. The summed E-state index contributed by atoms with van der Waals surface area (Å²) >= 11 is 18.1. The number of nitrogens with zero attached hydrogens (tertiary/aromatic N) is 1. The summed E-state index contributed by atoms with van der Waals surface area (Å²) in [5.41, 5.74) is -0.0882. The van der Waals surface area contributed by atoms with E-state index in [0.29, 0.717) is 0 Å². The molecule has 1 fully saturated rings. The maximum Gasteiger partial charge on any atom is 0.343 e. The molecule has 0 atom stereocenters. The van der Waals surface area contributed by atoms with Gasteiger partial charge >= 0.3 is 5.97 Å². The van der Waals surface area contributed by atoms with Gasteiger partial charge in [0.15, 0.2) is 12.4 Å². The van der Waals surface area contributed by atoms with Gasteiger partial charge in [0.25, 0.3) is 5.91 Å². The number of esters is 1. The van der Waals surface area contributed by atoms with Gasteiger partial charge in [-0.05, 0) is 18.9 Å². The molecule has 2 rings (SSSR count). The number of rotatable bonds is 5. The van der Waals surface area contributed by atoms with Gasteiger partial charge in [0.05, 0.1) is 22.2 Å². The van der Waals surface area contributed by atoms with Crippen molar-refractivity contribution < 1.29 is 19.1 Å². The van der Waals surface area contributed by atoms with Crippen LogP contribution in [-0.4, -0.2) is 43.6 Å². The predicted molar refractivity (Wildman–Crippen MR) is 97.9 cm³/mol. The summed E-state index contributed by atoms with van der Waals surface area (Å²) in [5.74, 6) is -0.935. The third kappa shape index (κ3) is 4.72. The van der Waals surface area contributed by atoms with Crippen LogP contribution in [0.2, 0.25) is 15.1 Å². The number of amides is 1. The lowest BCUT2D eigenvalue weighted by molar-refractivity contribution is -0.134. The Morgan fingerprint density at radius 2 is 1.80 bits per heavy atom. The summed E-state index contributed by atoms with van der Waals surface area (Å²) in [5, 5.41) is 0.161. The van der Waals surface area contributed by atoms with Gasteiger partial charge in [-0.15, -0.1) is 0 Å². The van der Waals surface area contributed by atoms with Crippen molar-refractivity contribution in [2.75, 3.05) is 20.8 Å². The fraction of sp³-hybridized carbons (Fsp3) is 0.529. The molecule has 0 saturated heterocycles. The average molecular weight is 409 g/mol. The topological polar surface area (TPSA) is 55.8 Å². The highest BCUT2D eigenvalue weighted by Gasteiger charge is 2.26. The average Bonchev–Trinajstić information content (AvgIpc) is 2.62. The molecule has 0 unspecified atom stereocenters. The van der Waals surface area contributed by atoms with Gasteiger partial charge in [0, 0.05) is 13.1 Å². The van der Waals surface area contributed by atoms with E-state index in [-0.39, 0.29) is 44.9 Å². The van der Waals surface area contributed by atoms with Gasteiger partial charge in [0.2, 0.25) is 0 Å². The Bertz CT molecular complexity index is 660. The second kappa shape index (κ2) is 8.97. The van der Waals surface area contributed by atoms with Crippen LogP contribution in [0, 0.1) is 0 Å². The first-order valence-electron chi connectivity index (χ1n) is 8.01. The zero-order chi connectivity index (χ0) is 18.6. The van der Waals surface area contributed by atoms with Crippen molar-refractivity contribution in [3.8, 4) is 5.75 Å². The van der Waals surface area contributed by atoms with Crippen LogP contribution >= 0.6 is 34.8 Å². The van der Waals surface area contributed by atoms with Crippen LogP contribution in [0.15, 0.2) is 6.07 Å². The number of hydrogen-bond acceptors (Lipinski definition) is 4. The summed E-state index contributed by atoms with van der Waals surface area (Å²) in [6, 6.07) is 1.58. The molecule has 8 heteroatoms. The van der Waals surface area contributed by atoms with Crippen LogP contribution < -0.4 is 4.74 Å². The van der Waals surface area contributed by atoms with Crippen molar-refractivity contribution in [1.29, 1.82) is 0 Å². The zero-order valence-corrected chi connectivity index (χ0v) is 16.4. The first kappa shape index (κ1) is 20.1. The number of ether oxygens (including phenoxy) is 2. The standard InChI is InChI=1S/C17H20Cl3NO4/c1-21(10-6-4-3-5-7-10)13(22)9-25-16-12(19)8-11(18)15(20)14(16)17(23)24-2/h8,10H,3-7,9H2,1-2H3. The molecule has 1 aliphatic rings. The van der Waals surface area contributed by atoms with Crippen LogP contribution in [0.4, 0.5) is 0 Å². The Morgan fingerprint density at radius 1 is 1.16 bits per heavy atom. The molecule has 5 nitrogen and oxygen atoms in total. The van der Waals surface area contributed by atoms with Crippen molar-refractivity contribution in [2.45, 2.75) is 38.1 Å². The lowest BCUT2D eigenvalue weighted by Gasteiger charge is -2.31. The summed E-state index contributed by atoms with van der Waals surface area (Å²) in [6.07, 6.45) is 5.42. The SMILES string of the molecule is COC(=O)c1c(Cl)c(Cl)cc(Cl)c1OCC(=O)N(C)C1CCCCC1. The summed E-state index contributed by atoms with van der Waals surface area (Å²) < 4.78 is 10.2. The molecule has 0 bridgehead atoms. The highest BCUT2D eigenvalue weighted by atomic mass is 35.5. The Labute approximate surface area is 162 Å². The maximum absolute atomic E-state index is 12.4. The molecule has 0 N–H and O–H groups in total. The Hall–Kier alpha value is -1.17. The highest BCUT2D eigenvalue weighted by Crippen LogP contribution is 2.39. The first-order chi connectivity index (χ1) is 11.9. The third-order valence-corrected chi connectivity index (χ3v) is 5.44. The van der Waals surface area contributed by atoms with E-state index in [9.17, 15) is 9.59 Å². The van der Waals surface area contributed by atoms with Crippen molar-refractivity contribution >= 4 is 46.7 Å². The van der Waals surface area contributed by atoms with E-state index in [0.717, 1.165) is 25.7 Å². The number of carbonyl (C=O) groups excluding carboxylic acids is 2. The number of benzene rings is 1. The third-order valence-electron chi connectivity index (χ3n) is 4.37. The smallest absolute Gasteiger partial charge is 0.343 e. The van der Waals surface area contributed by atoms with Gasteiger partial charge in [-0.3, -0.25) is 4.79 Å². The number of halogens is 3. The zero-order valence-electron chi connectivity index (χ0n) is 14.1. The summed E-state index contributed by atoms with van der Waals surface area (Å²) in [6.45, 7) is -0.255. The highest BCUT2D eigenvalue weighted by molar-refractivity contribution is 6.45. The fourth-order valence-electron chi connectivity index (χ4n) is 2.91. The van der Waals surface area contributed by atoms with E-state index < -0.39 is 5.97 Å². The van der Waals surface area contributed by atoms with E-state index in [4.69, 9.17) is 44.3 Å². The molecule has 25 heavy (non-hydrogen) atoms.